The highest BCUT2D eigenvalue weighted by atomic mass is 79.9. The molecule has 0 aliphatic carbocycles. The summed E-state index contributed by atoms with van der Waals surface area (Å²) < 4.78 is 6.93. The Kier molecular flexibility index (Phi) is 6.88. The van der Waals surface area contributed by atoms with Crippen molar-refractivity contribution in [3.05, 3.63) is 105 Å². The monoisotopic (exact) mass is 522 g/mol. The number of piperazine rings is 1. The van der Waals surface area contributed by atoms with Gasteiger partial charge in [0.25, 0.3) is 0 Å². The van der Waals surface area contributed by atoms with Gasteiger partial charge in [0.15, 0.2) is 0 Å². The van der Waals surface area contributed by atoms with Crippen LogP contribution in [0.3, 0.4) is 0 Å². The predicted molar refractivity (Wildman–Crippen MR) is 134 cm³/mol. The van der Waals surface area contributed by atoms with E-state index >= 15 is 0 Å². The van der Waals surface area contributed by atoms with Gasteiger partial charge in [-0.25, -0.2) is 0 Å². The Hall–Kier alpha value is -2.51. The number of benzene rings is 3. The van der Waals surface area contributed by atoms with Gasteiger partial charge in [0.2, 0.25) is 11.8 Å². The quantitative estimate of drug-likeness (QED) is 0.307. The molecule has 1 atom stereocenters. The molecule has 3 aromatic carbocycles. The summed E-state index contributed by atoms with van der Waals surface area (Å²) >= 11 is 9.82. The van der Waals surface area contributed by atoms with Crippen molar-refractivity contribution < 1.29 is 4.42 Å². The lowest BCUT2D eigenvalue weighted by Gasteiger charge is -2.39. The molecule has 0 N–H and O–H groups in total. The molecule has 33 heavy (non-hydrogen) atoms. The van der Waals surface area contributed by atoms with Gasteiger partial charge in [-0.1, -0.05) is 76.1 Å². The zero-order chi connectivity index (χ0) is 22.6. The van der Waals surface area contributed by atoms with E-state index in [-0.39, 0.29) is 6.04 Å². The summed E-state index contributed by atoms with van der Waals surface area (Å²) in [4.78, 5) is 4.90. The van der Waals surface area contributed by atoms with E-state index in [4.69, 9.17) is 16.0 Å². The normalized spacial score (nSPS) is 16.1. The number of halogens is 2. The van der Waals surface area contributed by atoms with E-state index in [0.29, 0.717) is 18.3 Å². The third-order valence-corrected chi connectivity index (χ3v) is 6.68. The molecule has 4 aromatic rings. The van der Waals surface area contributed by atoms with Crippen molar-refractivity contribution in [1.29, 1.82) is 0 Å². The number of hydrogen-bond donors (Lipinski definition) is 0. The number of rotatable bonds is 6. The molecule has 0 amide bonds. The molecule has 1 saturated heterocycles. The average molecular weight is 524 g/mol. The molecule has 5 rings (SSSR count). The first kappa shape index (κ1) is 22.3. The maximum Gasteiger partial charge on any atom is 0.247 e. The summed E-state index contributed by atoms with van der Waals surface area (Å²) in [6.07, 6.45) is 0. The van der Waals surface area contributed by atoms with E-state index in [1.54, 1.807) is 0 Å². The van der Waals surface area contributed by atoms with E-state index < -0.39 is 0 Å². The molecule has 1 aromatic heterocycles. The minimum absolute atomic E-state index is 0.179. The minimum atomic E-state index is 0.179. The zero-order valence-corrected chi connectivity index (χ0v) is 20.4. The van der Waals surface area contributed by atoms with E-state index in [1.807, 2.05) is 36.4 Å². The fourth-order valence-electron chi connectivity index (χ4n) is 4.35. The van der Waals surface area contributed by atoms with Crippen LogP contribution in [0.2, 0.25) is 5.02 Å². The van der Waals surface area contributed by atoms with Crippen LogP contribution in [0.5, 0.6) is 0 Å². The van der Waals surface area contributed by atoms with Gasteiger partial charge in [-0.15, -0.1) is 10.2 Å². The van der Waals surface area contributed by atoms with Gasteiger partial charge < -0.3 is 4.42 Å². The van der Waals surface area contributed by atoms with Crippen LogP contribution >= 0.6 is 27.5 Å². The van der Waals surface area contributed by atoms with Crippen LogP contribution in [0.1, 0.15) is 23.1 Å². The van der Waals surface area contributed by atoms with Crippen LogP contribution in [0.4, 0.5) is 0 Å². The first-order valence-electron chi connectivity index (χ1n) is 11.0. The first-order chi connectivity index (χ1) is 16.2. The molecule has 2 heterocycles. The lowest BCUT2D eigenvalue weighted by Crippen LogP contribution is -2.47. The Morgan fingerprint density at radius 2 is 1.61 bits per heavy atom. The largest absolute Gasteiger partial charge is 0.419 e. The van der Waals surface area contributed by atoms with Crippen LogP contribution in [0.25, 0.3) is 11.5 Å². The molecule has 1 unspecified atom stereocenters. The van der Waals surface area contributed by atoms with Crippen LogP contribution in [0.15, 0.2) is 87.8 Å². The number of aromatic nitrogens is 2. The predicted octanol–water partition coefficient (Wildman–Crippen LogP) is 6.06. The Morgan fingerprint density at radius 3 is 2.36 bits per heavy atom. The van der Waals surface area contributed by atoms with Gasteiger partial charge in [-0.05, 0) is 41.5 Å². The third-order valence-electron chi connectivity index (χ3n) is 5.95. The second kappa shape index (κ2) is 10.2. The Labute approximate surface area is 207 Å². The van der Waals surface area contributed by atoms with Crippen LogP contribution < -0.4 is 0 Å². The summed E-state index contributed by atoms with van der Waals surface area (Å²) in [6, 6.07) is 26.9. The van der Waals surface area contributed by atoms with E-state index in [9.17, 15) is 0 Å². The van der Waals surface area contributed by atoms with Gasteiger partial charge in [0.1, 0.15) is 0 Å². The molecular formula is C26H24BrClN4O. The second-order valence-corrected chi connectivity index (χ2v) is 9.54. The summed E-state index contributed by atoms with van der Waals surface area (Å²) in [5, 5.41) is 9.28. The summed E-state index contributed by atoms with van der Waals surface area (Å²) in [5.41, 5.74) is 3.42. The highest BCUT2D eigenvalue weighted by molar-refractivity contribution is 9.10. The van der Waals surface area contributed by atoms with Crippen LogP contribution in [-0.2, 0) is 6.54 Å². The molecule has 1 aliphatic heterocycles. The van der Waals surface area contributed by atoms with Crippen molar-refractivity contribution in [2.24, 2.45) is 0 Å². The van der Waals surface area contributed by atoms with Crippen molar-refractivity contribution >= 4 is 27.5 Å². The third kappa shape index (κ3) is 5.36. The number of hydrogen-bond acceptors (Lipinski definition) is 5. The van der Waals surface area contributed by atoms with Crippen molar-refractivity contribution in [3.8, 4) is 11.5 Å². The van der Waals surface area contributed by atoms with Gasteiger partial charge >= 0.3 is 0 Å². The second-order valence-electron chi connectivity index (χ2n) is 8.19. The average Bonchev–Trinajstić information content (AvgIpc) is 3.30. The molecule has 7 heteroatoms. The van der Waals surface area contributed by atoms with Gasteiger partial charge in [0, 0.05) is 41.2 Å². The minimum Gasteiger partial charge on any atom is -0.419 e. The van der Waals surface area contributed by atoms with Gasteiger partial charge in [-0.2, -0.15) is 0 Å². The van der Waals surface area contributed by atoms with E-state index in [1.165, 1.54) is 11.1 Å². The molecule has 5 nitrogen and oxygen atoms in total. The Morgan fingerprint density at radius 1 is 0.848 bits per heavy atom. The van der Waals surface area contributed by atoms with Crippen molar-refractivity contribution in [2.75, 3.05) is 26.2 Å². The molecular weight excluding hydrogens is 500 g/mol. The van der Waals surface area contributed by atoms with Crippen LogP contribution in [-0.4, -0.2) is 46.2 Å². The summed E-state index contributed by atoms with van der Waals surface area (Å²) in [5.74, 6) is 1.20. The van der Waals surface area contributed by atoms with Gasteiger partial charge in [-0.3, -0.25) is 9.80 Å². The fourth-order valence-corrected chi connectivity index (χ4v) is 4.95. The zero-order valence-electron chi connectivity index (χ0n) is 18.1. The SMILES string of the molecule is Clc1cccc(C(c2ccccc2)N2CCN(Cc3nnc(-c4cccc(Br)c4)o3)CC2)c1. The van der Waals surface area contributed by atoms with E-state index in [0.717, 1.165) is 41.2 Å². The molecule has 1 aliphatic rings. The lowest BCUT2D eigenvalue weighted by molar-refractivity contribution is 0.0986. The topological polar surface area (TPSA) is 45.4 Å². The Bertz CT molecular complexity index is 1210. The highest BCUT2D eigenvalue weighted by Crippen LogP contribution is 2.31. The molecule has 168 valence electrons. The maximum absolute atomic E-state index is 6.33. The Balaban J connectivity index is 1.27. The highest BCUT2D eigenvalue weighted by Gasteiger charge is 2.27. The molecule has 0 saturated carbocycles. The fraction of sp³-hybridized carbons (Fsp3) is 0.231. The number of nitrogens with zero attached hydrogens (tertiary/aromatic N) is 4. The lowest BCUT2D eigenvalue weighted by atomic mass is 9.96. The standard InChI is InChI=1S/C26H24BrClN4O/c27-22-10-4-9-21(16-22)26-30-29-24(33-26)18-31-12-14-32(15-13-31)25(19-6-2-1-3-7-19)20-8-5-11-23(28)17-20/h1-11,16-17,25H,12-15,18H2. The molecule has 0 radical (unpaired) electrons. The molecule has 0 spiro atoms. The smallest absolute Gasteiger partial charge is 0.247 e. The molecule has 1 fully saturated rings. The van der Waals surface area contributed by atoms with Crippen molar-refractivity contribution in [3.63, 3.8) is 0 Å². The summed E-state index contributed by atoms with van der Waals surface area (Å²) in [6.45, 7) is 4.40. The van der Waals surface area contributed by atoms with E-state index in [2.05, 4.69) is 78.4 Å². The van der Waals surface area contributed by atoms with Gasteiger partial charge in [0.05, 0.1) is 12.6 Å². The van der Waals surface area contributed by atoms with Crippen LogP contribution in [0, 0.1) is 0 Å². The molecule has 0 bridgehead atoms. The first-order valence-corrected chi connectivity index (χ1v) is 12.2. The van der Waals surface area contributed by atoms with Crippen molar-refractivity contribution in [1.82, 2.24) is 20.0 Å². The maximum atomic E-state index is 6.33. The van der Waals surface area contributed by atoms with Crippen molar-refractivity contribution in [2.45, 2.75) is 12.6 Å². The summed E-state index contributed by atoms with van der Waals surface area (Å²) in [7, 11) is 0.